The van der Waals surface area contributed by atoms with Gasteiger partial charge in [-0.3, -0.25) is 4.79 Å². The molecule has 0 rings (SSSR count). The SMILES string of the molecule is CCN(CC(C)C)C(=O)N[C@@H](CCC(=O)OC)C(=O)O. The predicted molar refractivity (Wildman–Crippen MR) is 73.3 cm³/mol. The molecule has 1 atom stereocenters. The molecule has 0 radical (unpaired) electrons. The van der Waals surface area contributed by atoms with Gasteiger partial charge in [0.2, 0.25) is 0 Å². The Morgan fingerprint density at radius 2 is 1.90 bits per heavy atom. The third kappa shape index (κ3) is 6.96. The first kappa shape index (κ1) is 18.2. The summed E-state index contributed by atoms with van der Waals surface area (Å²) in [5.74, 6) is -1.37. The van der Waals surface area contributed by atoms with E-state index in [0.717, 1.165) is 0 Å². The molecule has 0 unspecified atom stereocenters. The third-order valence-corrected chi connectivity index (χ3v) is 2.72. The lowest BCUT2D eigenvalue weighted by Gasteiger charge is -2.25. The van der Waals surface area contributed by atoms with Crippen LogP contribution in [-0.4, -0.2) is 54.2 Å². The maximum Gasteiger partial charge on any atom is 0.326 e. The van der Waals surface area contributed by atoms with Gasteiger partial charge in [0.25, 0.3) is 0 Å². The van der Waals surface area contributed by atoms with Gasteiger partial charge in [-0.05, 0) is 19.3 Å². The molecule has 0 heterocycles. The van der Waals surface area contributed by atoms with E-state index in [1.165, 1.54) is 7.11 Å². The highest BCUT2D eigenvalue weighted by atomic mass is 16.5. The van der Waals surface area contributed by atoms with E-state index in [9.17, 15) is 14.4 Å². The molecule has 116 valence electrons. The van der Waals surface area contributed by atoms with Gasteiger partial charge in [0.1, 0.15) is 6.04 Å². The highest BCUT2D eigenvalue weighted by Gasteiger charge is 2.23. The van der Waals surface area contributed by atoms with E-state index in [1.54, 1.807) is 4.90 Å². The number of carboxylic acids is 1. The Hall–Kier alpha value is -1.79. The van der Waals surface area contributed by atoms with Gasteiger partial charge in [-0.25, -0.2) is 9.59 Å². The van der Waals surface area contributed by atoms with Crippen LogP contribution >= 0.6 is 0 Å². The third-order valence-electron chi connectivity index (χ3n) is 2.72. The van der Waals surface area contributed by atoms with Crippen molar-refractivity contribution >= 4 is 18.0 Å². The number of urea groups is 1. The molecule has 0 saturated heterocycles. The molecule has 0 fully saturated rings. The zero-order chi connectivity index (χ0) is 15.7. The van der Waals surface area contributed by atoms with E-state index >= 15 is 0 Å². The first-order chi connectivity index (χ1) is 9.31. The van der Waals surface area contributed by atoms with Crippen LogP contribution < -0.4 is 5.32 Å². The fourth-order valence-electron chi connectivity index (χ4n) is 1.66. The minimum absolute atomic E-state index is 0.00692. The van der Waals surface area contributed by atoms with Crippen molar-refractivity contribution in [2.24, 2.45) is 5.92 Å². The summed E-state index contributed by atoms with van der Waals surface area (Å²) in [4.78, 5) is 35.6. The molecule has 0 spiro atoms. The molecule has 2 amide bonds. The normalized spacial score (nSPS) is 11.8. The molecular formula is C13H24N2O5. The molecular weight excluding hydrogens is 264 g/mol. The largest absolute Gasteiger partial charge is 0.480 e. The van der Waals surface area contributed by atoms with E-state index < -0.39 is 24.0 Å². The van der Waals surface area contributed by atoms with Crippen LogP contribution in [0.25, 0.3) is 0 Å². The highest BCUT2D eigenvalue weighted by Crippen LogP contribution is 2.03. The summed E-state index contributed by atoms with van der Waals surface area (Å²) in [6.45, 7) is 6.81. The quantitative estimate of drug-likeness (QED) is 0.652. The number of rotatable bonds is 8. The summed E-state index contributed by atoms with van der Waals surface area (Å²) >= 11 is 0. The molecule has 0 aromatic carbocycles. The summed E-state index contributed by atoms with van der Waals surface area (Å²) in [6.07, 6.45) is -0.0446. The summed E-state index contributed by atoms with van der Waals surface area (Å²) in [5.41, 5.74) is 0. The summed E-state index contributed by atoms with van der Waals surface area (Å²) in [5, 5.41) is 11.5. The molecule has 2 N–H and O–H groups in total. The van der Waals surface area contributed by atoms with Gasteiger partial charge < -0.3 is 20.1 Å². The molecule has 0 aromatic rings. The number of carboxylic acid groups (broad SMARTS) is 1. The summed E-state index contributed by atoms with van der Waals surface area (Å²) in [7, 11) is 1.23. The summed E-state index contributed by atoms with van der Waals surface area (Å²) < 4.78 is 4.45. The maximum atomic E-state index is 12.0. The minimum atomic E-state index is -1.16. The molecule has 7 nitrogen and oxygen atoms in total. The predicted octanol–water partition coefficient (Wildman–Crippen LogP) is 1.08. The standard InChI is InChI=1S/C13H24N2O5/c1-5-15(8-9(2)3)13(19)14-10(12(17)18)6-7-11(16)20-4/h9-10H,5-8H2,1-4H3,(H,14,19)(H,17,18)/t10-/m0/s1. The van der Waals surface area contributed by atoms with Crippen molar-refractivity contribution in [1.82, 2.24) is 10.2 Å². The Labute approximate surface area is 119 Å². The fraction of sp³-hybridized carbons (Fsp3) is 0.769. The van der Waals surface area contributed by atoms with Crippen LogP contribution in [0.3, 0.4) is 0 Å². The zero-order valence-corrected chi connectivity index (χ0v) is 12.5. The van der Waals surface area contributed by atoms with Crippen molar-refractivity contribution in [3.05, 3.63) is 0 Å². The Bertz CT molecular complexity index is 344. The van der Waals surface area contributed by atoms with Crippen LogP contribution in [0.5, 0.6) is 0 Å². The molecule has 0 aliphatic heterocycles. The van der Waals surface area contributed by atoms with Gasteiger partial charge in [0.15, 0.2) is 0 Å². The molecule has 7 heteroatoms. The first-order valence-corrected chi connectivity index (χ1v) is 6.66. The Morgan fingerprint density at radius 3 is 2.30 bits per heavy atom. The Balaban J connectivity index is 4.53. The number of methoxy groups -OCH3 is 1. The van der Waals surface area contributed by atoms with Crippen LogP contribution in [0.15, 0.2) is 0 Å². The molecule has 20 heavy (non-hydrogen) atoms. The van der Waals surface area contributed by atoms with Crippen LogP contribution in [-0.2, 0) is 14.3 Å². The maximum absolute atomic E-state index is 12.0. The van der Waals surface area contributed by atoms with Gasteiger partial charge >= 0.3 is 18.0 Å². The number of esters is 1. The summed E-state index contributed by atoms with van der Waals surface area (Å²) in [6, 6.07) is -1.53. The number of aliphatic carboxylic acids is 1. The number of hydrogen-bond acceptors (Lipinski definition) is 4. The van der Waals surface area contributed by atoms with E-state index in [4.69, 9.17) is 5.11 Å². The first-order valence-electron chi connectivity index (χ1n) is 6.66. The fourth-order valence-corrected chi connectivity index (χ4v) is 1.66. The topological polar surface area (TPSA) is 95.9 Å². The Morgan fingerprint density at radius 1 is 1.30 bits per heavy atom. The Kier molecular flexibility index (Phi) is 8.35. The molecule has 0 aliphatic carbocycles. The van der Waals surface area contributed by atoms with Crippen LogP contribution in [0.2, 0.25) is 0 Å². The zero-order valence-electron chi connectivity index (χ0n) is 12.5. The highest BCUT2D eigenvalue weighted by molar-refractivity contribution is 5.83. The van der Waals surface area contributed by atoms with Gasteiger partial charge in [0, 0.05) is 19.5 Å². The van der Waals surface area contributed by atoms with Gasteiger partial charge in [0.05, 0.1) is 7.11 Å². The van der Waals surface area contributed by atoms with Crippen LogP contribution in [0, 0.1) is 5.92 Å². The lowest BCUT2D eigenvalue weighted by molar-refractivity contribution is -0.142. The van der Waals surface area contributed by atoms with Gasteiger partial charge in [-0.1, -0.05) is 13.8 Å². The van der Waals surface area contributed by atoms with Crippen molar-refractivity contribution in [1.29, 1.82) is 0 Å². The van der Waals surface area contributed by atoms with Crippen molar-refractivity contribution in [3.63, 3.8) is 0 Å². The number of nitrogens with one attached hydrogen (secondary N) is 1. The number of carbonyl (C=O) groups excluding carboxylic acids is 2. The molecule has 0 aliphatic rings. The minimum Gasteiger partial charge on any atom is -0.480 e. The second kappa shape index (κ2) is 9.17. The second-order valence-electron chi connectivity index (χ2n) is 4.89. The van der Waals surface area contributed by atoms with Crippen molar-refractivity contribution < 1.29 is 24.2 Å². The number of carbonyl (C=O) groups is 3. The number of amides is 2. The van der Waals surface area contributed by atoms with E-state index in [2.05, 4.69) is 10.1 Å². The average molecular weight is 288 g/mol. The van der Waals surface area contributed by atoms with Gasteiger partial charge in [-0.2, -0.15) is 0 Å². The number of hydrogen-bond donors (Lipinski definition) is 2. The van der Waals surface area contributed by atoms with Gasteiger partial charge in [-0.15, -0.1) is 0 Å². The lowest BCUT2D eigenvalue weighted by Crippen LogP contribution is -2.49. The monoisotopic (exact) mass is 288 g/mol. The lowest BCUT2D eigenvalue weighted by atomic mass is 10.1. The molecule has 0 aromatic heterocycles. The number of nitrogens with zero attached hydrogens (tertiary/aromatic N) is 1. The molecule has 0 bridgehead atoms. The van der Waals surface area contributed by atoms with Crippen molar-refractivity contribution in [2.75, 3.05) is 20.2 Å². The van der Waals surface area contributed by atoms with Crippen LogP contribution in [0.4, 0.5) is 4.79 Å². The van der Waals surface area contributed by atoms with Crippen molar-refractivity contribution in [3.8, 4) is 0 Å². The van der Waals surface area contributed by atoms with Crippen molar-refractivity contribution in [2.45, 2.75) is 39.7 Å². The van der Waals surface area contributed by atoms with E-state index in [0.29, 0.717) is 19.0 Å². The second-order valence-corrected chi connectivity index (χ2v) is 4.89. The van der Waals surface area contributed by atoms with Crippen LogP contribution in [0.1, 0.15) is 33.6 Å². The number of ether oxygens (including phenoxy) is 1. The average Bonchev–Trinajstić information content (AvgIpc) is 2.39. The van der Waals surface area contributed by atoms with E-state index in [1.807, 2.05) is 20.8 Å². The molecule has 0 saturated carbocycles. The smallest absolute Gasteiger partial charge is 0.326 e. The van der Waals surface area contributed by atoms with E-state index in [-0.39, 0.29) is 12.8 Å².